The van der Waals surface area contributed by atoms with Gasteiger partial charge in [0, 0.05) is 42.0 Å². The first-order valence-corrected chi connectivity index (χ1v) is 12.6. The molecule has 0 unspecified atom stereocenters. The van der Waals surface area contributed by atoms with Crippen LogP contribution in [0.15, 0.2) is 72.9 Å². The van der Waals surface area contributed by atoms with Crippen LogP contribution in [0.2, 0.25) is 0 Å². The number of hydrogen-bond acceptors (Lipinski definition) is 3. The number of pyridine rings is 1. The maximum atomic E-state index is 13.6. The van der Waals surface area contributed by atoms with E-state index in [9.17, 15) is 4.79 Å². The molecule has 1 aliphatic rings. The van der Waals surface area contributed by atoms with E-state index in [2.05, 4.69) is 74.3 Å². The Hall–Kier alpha value is -2.98. The second-order valence-corrected chi connectivity index (χ2v) is 10.0. The van der Waals surface area contributed by atoms with Gasteiger partial charge in [-0.05, 0) is 66.1 Å². The fraction of sp³-hybridized carbons (Fsp3) is 0.400. The Morgan fingerprint density at radius 2 is 1.71 bits per heavy atom. The summed E-state index contributed by atoms with van der Waals surface area (Å²) in [4.78, 5) is 20.0. The van der Waals surface area contributed by atoms with Crippen LogP contribution in [-0.2, 0) is 11.2 Å². The van der Waals surface area contributed by atoms with Crippen LogP contribution in [0.25, 0.3) is 11.1 Å². The van der Waals surface area contributed by atoms with Gasteiger partial charge in [0.2, 0.25) is 5.91 Å². The van der Waals surface area contributed by atoms with E-state index in [1.54, 1.807) is 6.20 Å². The number of aromatic nitrogens is 1. The van der Waals surface area contributed by atoms with Gasteiger partial charge in [-0.25, -0.2) is 0 Å². The summed E-state index contributed by atoms with van der Waals surface area (Å²) < 4.78 is 0. The first kappa shape index (κ1) is 24.2. The van der Waals surface area contributed by atoms with Gasteiger partial charge >= 0.3 is 0 Å². The number of nitrogens with two attached hydrogens (primary N) is 1. The highest BCUT2D eigenvalue weighted by Crippen LogP contribution is 2.48. The lowest BCUT2D eigenvalue weighted by molar-refractivity contribution is -0.120. The monoisotopic (exact) mass is 455 g/mol. The third-order valence-electron chi connectivity index (χ3n) is 6.64. The van der Waals surface area contributed by atoms with Gasteiger partial charge in [0.1, 0.15) is 0 Å². The molecule has 178 valence electrons. The number of anilines is 1. The number of rotatable bonds is 10. The van der Waals surface area contributed by atoms with Crippen LogP contribution >= 0.6 is 0 Å². The maximum Gasteiger partial charge on any atom is 0.230 e. The van der Waals surface area contributed by atoms with Crippen molar-refractivity contribution >= 4 is 11.6 Å². The van der Waals surface area contributed by atoms with Crippen molar-refractivity contribution in [2.45, 2.75) is 58.4 Å². The second-order valence-electron chi connectivity index (χ2n) is 10.0. The summed E-state index contributed by atoms with van der Waals surface area (Å²) in [5, 5.41) is 0. The minimum atomic E-state index is -0.0539. The summed E-state index contributed by atoms with van der Waals surface area (Å²) in [5.41, 5.74) is 12.1. The molecule has 4 heteroatoms. The van der Waals surface area contributed by atoms with Gasteiger partial charge in [-0.3, -0.25) is 9.78 Å². The first-order valence-electron chi connectivity index (χ1n) is 12.6. The molecule has 4 rings (SSSR count). The van der Waals surface area contributed by atoms with Crippen molar-refractivity contribution in [3.63, 3.8) is 0 Å². The van der Waals surface area contributed by atoms with Crippen LogP contribution in [0.1, 0.15) is 57.2 Å². The molecule has 1 amide bonds. The summed E-state index contributed by atoms with van der Waals surface area (Å²) >= 11 is 0. The SMILES string of the molecule is CCCc1ccc(-c2ccc(N(C[C@@H](N)CC(C)C)C(=O)[C@@H]3C[C@H]3c3ccccn3)cc2)cc1. The topological polar surface area (TPSA) is 59.2 Å². The molecule has 1 heterocycles. The van der Waals surface area contributed by atoms with Gasteiger partial charge in [0.15, 0.2) is 0 Å². The molecule has 1 aromatic heterocycles. The van der Waals surface area contributed by atoms with Crippen molar-refractivity contribution in [3.8, 4) is 11.1 Å². The quantitative estimate of drug-likeness (QED) is 0.395. The predicted molar refractivity (Wildman–Crippen MR) is 141 cm³/mol. The van der Waals surface area contributed by atoms with E-state index >= 15 is 0 Å². The average molecular weight is 456 g/mol. The van der Waals surface area contributed by atoms with E-state index in [-0.39, 0.29) is 23.8 Å². The molecule has 1 aliphatic carbocycles. The summed E-state index contributed by atoms with van der Waals surface area (Å²) in [6.45, 7) is 7.08. The molecule has 0 bridgehead atoms. The van der Waals surface area contributed by atoms with Gasteiger partial charge in [0.25, 0.3) is 0 Å². The highest BCUT2D eigenvalue weighted by Gasteiger charge is 2.47. The van der Waals surface area contributed by atoms with Gasteiger partial charge in [-0.1, -0.05) is 69.7 Å². The van der Waals surface area contributed by atoms with Crippen LogP contribution < -0.4 is 10.6 Å². The number of benzene rings is 2. The molecule has 3 aromatic rings. The highest BCUT2D eigenvalue weighted by atomic mass is 16.2. The largest absolute Gasteiger partial charge is 0.326 e. The maximum absolute atomic E-state index is 13.6. The zero-order valence-electron chi connectivity index (χ0n) is 20.7. The number of aryl methyl sites for hydroxylation is 1. The molecular formula is C30H37N3O. The zero-order valence-corrected chi connectivity index (χ0v) is 20.7. The Morgan fingerprint density at radius 3 is 2.29 bits per heavy atom. The van der Waals surface area contributed by atoms with Gasteiger partial charge in [-0.2, -0.15) is 0 Å². The van der Waals surface area contributed by atoms with E-state index in [1.807, 2.05) is 23.1 Å². The van der Waals surface area contributed by atoms with Gasteiger partial charge in [-0.15, -0.1) is 0 Å². The van der Waals surface area contributed by atoms with Gasteiger partial charge < -0.3 is 10.6 Å². The third kappa shape index (κ3) is 5.92. The van der Waals surface area contributed by atoms with Crippen molar-refractivity contribution in [3.05, 3.63) is 84.2 Å². The van der Waals surface area contributed by atoms with E-state index < -0.39 is 0 Å². The minimum Gasteiger partial charge on any atom is -0.326 e. The summed E-state index contributed by atoms with van der Waals surface area (Å²) in [6.07, 6.45) is 5.81. The molecule has 2 aromatic carbocycles. The van der Waals surface area contributed by atoms with Crippen LogP contribution in [0.5, 0.6) is 0 Å². The van der Waals surface area contributed by atoms with E-state index in [0.717, 1.165) is 42.6 Å². The Labute approximate surface area is 204 Å². The van der Waals surface area contributed by atoms with Crippen molar-refractivity contribution in [2.75, 3.05) is 11.4 Å². The predicted octanol–water partition coefficient (Wildman–Crippen LogP) is 6.21. The number of nitrogens with zero attached hydrogens (tertiary/aromatic N) is 2. The fourth-order valence-electron chi connectivity index (χ4n) is 4.81. The smallest absolute Gasteiger partial charge is 0.230 e. The highest BCUT2D eigenvalue weighted by molar-refractivity contribution is 5.97. The van der Waals surface area contributed by atoms with E-state index in [4.69, 9.17) is 5.73 Å². The number of carbonyl (C=O) groups is 1. The van der Waals surface area contributed by atoms with Crippen LogP contribution in [0, 0.1) is 11.8 Å². The first-order chi connectivity index (χ1) is 16.5. The van der Waals surface area contributed by atoms with Crippen LogP contribution in [0.3, 0.4) is 0 Å². The second kappa shape index (κ2) is 11.0. The average Bonchev–Trinajstić information content (AvgIpc) is 3.64. The lowest BCUT2D eigenvalue weighted by Gasteiger charge is -2.27. The third-order valence-corrected chi connectivity index (χ3v) is 6.64. The molecule has 0 radical (unpaired) electrons. The molecule has 0 saturated heterocycles. The molecule has 3 atom stereocenters. The Morgan fingerprint density at radius 1 is 1.03 bits per heavy atom. The molecule has 1 saturated carbocycles. The normalized spacial score (nSPS) is 18.0. The molecule has 4 nitrogen and oxygen atoms in total. The lowest BCUT2D eigenvalue weighted by Crippen LogP contribution is -2.42. The summed E-state index contributed by atoms with van der Waals surface area (Å²) in [7, 11) is 0. The Kier molecular flexibility index (Phi) is 7.79. The summed E-state index contributed by atoms with van der Waals surface area (Å²) in [5.74, 6) is 0.837. The Bertz CT molecular complexity index is 1060. The van der Waals surface area contributed by atoms with Crippen molar-refractivity contribution < 1.29 is 4.79 Å². The minimum absolute atomic E-state index is 0.0214. The number of amides is 1. The van der Waals surface area contributed by atoms with E-state index in [0.29, 0.717) is 12.5 Å². The van der Waals surface area contributed by atoms with Crippen molar-refractivity contribution in [2.24, 2.45) is 17.6 Å². The zero-order chi connectivity index (χ0) is 24.1. The lowest BCUT2D eigenvalue weighted by atomic mass is 10.0. The molecule has 34 heavy (non-hydrogen) atoms. The molecule has 1 fully saturated rings. The number of carbonyl (C=O) groups excluding carboxylic acids is 1. The van der Waals surface area contributed by atoms with Crippen molar-refractivity contribution in [1.82, 2.24) is 4.98 Å². The van der Waals surface area contributed by atoms with Gasteiger partial charge in [0.05, 0.1) is 0 Å². The number of hydrogen-bond donors (Lipinski definition) is 1. The van der Waals surface area contributed by atoms with E-state index in [1.165, 1.54) is 11.1 Å². The van der Waals surface area contributed by atoms with Crippen LogP contribution in [0.4, 0.5) is 5.69 Å². The molecule has 0 spiro atoms. The molecular weight excluding hydrogens is 418 g/mol. The molecule has 0 aliphatic heterocycles. The van der Waals surface area contributed by atoms with Crippen LogP contribution in [-0.4, -0.2) is 23.5 Å². The Balaban J connectivity index is 1.53. The fourth-order valence-corrected chi connectivity index (χ4v) is 4.81. The van der Waals surface area contributed by atoms with Crippen molar-refractivity contribution in [1.29, 1.82) is 0 Å². The summed E-state index contributed by atoms with van der Waals surface area (Å²) in [6, 6.07) is 23.0. The molecule has 2 N–H and O–H groups in total. The standard InChI is InChI=1S/C30H37N3O/c1-4-7-22-9-11-23(12-10-22)24-13-15-26(16-14-24)33(20-25(31)18-21(2)3)30(34)28-19-27(28)29-8-5-6-17-32-29/h5-6,8-17,21,25,27-28H,4,7,18-20,31H2,1-3H3/t25-,27+,28+/m0/s1.